The predicted molar refractivity (Wildman–Crippen MR) is 82.2 cm³/mol. The number of aromatic nitrogens is 2. The van der Waals surface area contributed by atoms with E-state index in [0.29, 0.717) is 12.4 Å². The van der Waals surface area contributed by atoms with E-state index in [1.165, 1.54) is 6.07 Å². The van der Waals surface area contributed by atoms with Crippen molar-refractivity contribution in [3.8, 4) is 5.88 Å². The van der Waals surface area contributed by atoms with Gasteiger partial charge >= 0.3 is 6.18 Å². The van der Waals surface area contributed by atoms with Gasteiger partial charge in [-0.05, 0) is 30.2 Å². The summed E-state index contributed by atoms with van der Waals surface area (Å²) in [5.41, 5.74) is 5.95. The Labute approximate surface area is 137 Å². The quantitative estimate of drug-likeness (QED) is 0.929. The molecular weight excluding hydrogens is 321 g/mol. The van der Waals surface area contributed by atoms with Crippen molar-refractivity contribution in [1.29, 1.82) is 0 Å². The van der Waals surface area contributed by atoms with Gasteiger partial charge in [-0.25, -0.2) is 9.97 Å². The Morgan fingerprint density at radius 1 is 1.25 bits per heavy atom. The molecule has 1 atom stereocenters. The fourth-order valence-electron chi connectivity index (χ4n) is 2.68. The van der Waals surface area contributed by atoms with Crippen molar-refractivity contribution in [2.75, 3.05) is 18.8 Å². The lowest BCUT2D eigenvalue weighted by atomic mass is 10.2. The van der Waals surface area contributed by atoms with Crippen LogP contribution in [0.2, 0.25) is 0 Å². The Morgan fingerprint density at radius 3 is 2.75 bits per heavy atom. The lowest BCUT2D eigenvalue weighted by molar-refractivity contribution is -0.137. The fraction of sp³-hybridized carbons (Fsp3) is 0.375. The molecule has 0 amide bonds. The van der Waals surface area contributed by atoms with Crippen LogP contribution in [0.15, 0.2) is 36.7 Å². The van der Waals surface area contributed by atoms with E-state index in [9.17, 15) is 13.2 Å². The number of hydrogen-bond acceptors (Lipinski definition) is 5. The first kappa shape index (κ1) is 16.5. The SMILES string of the molecule is Nc1cc(CN2CC[C@H](Oc3ccc(C(F)(F)F)cn3)C2)ccn1. The molecule has 1 saturated heterocycles. The minimum absolute atomic E-state index is 0.0894. The topological polar surface area (TPSA) is 64.3 Å². The first-order valence-electron chi connectivity index (χ1n) is 7.53. The van der Waals surface area contributed by atoms with E-state index < -0.39 is 11.7 Å². The average Bonchev–Trinajstić information content (AvgIpc) is 2.94. The minimum atomic E-state index is -4.39. The number of nitrogens with two attached hydrogens (primary N) is 1. The Kier molecular flexibility index (Phi) is 4.57. The largest absolute Gasteiger partial charge is 0.473 e. The summed E-state index contributed by atoms with van der Waals surface area (Å²) < 4.78 is 43.2. The molecule has 3 heterocycles. The number of likely N-dealkylation sites (tertiary alicyclic amines) is 1. The van der Waals surface area contributed by atoms with Crippen LogP contribution in [0.4, 0.5) is 19.0 Å². The van der Waals surface area contributed by atoms with Crippen molar-refractivity contribution in [2.24, 2.45) is 0 Å². The van der Waals surface area contributed by atoms with Gasteiger partial charge in [0.25, 0.3) is 0 Å². The number of ether oxygens (including phenoxy) is 1. The number of nitrogens with zero attached hydrogens (tertiary/aromatic N) is 3. The van der Waals surface area contributed by atoms with Crippen LogP contribution in [0.5, 0.6) is 5.88 Å². The molecule has 0 aliphatic carbocycles. The summed E-state index contributed by atoms with van der Waals surface area (Å²) in [6.07, 6.45) is -1.22. The normalized spacial score (nSPS) is 18.7. The van der Waals surface area contributed by atoms with Crippen LogP contribution in [0.1, 0.15) is 17.5 Å². The van der Waals surface area contributed by atoms with E-state index in [-0.39, 0.29) is 12.0 Å². The van der Waals surface area contributed by atoms with Gasteiger partial charge in [0.15, 0.2) is 0 Å². The molecule has 24 heavy (non-hydrogen) atoms. The third-order valence-electron chi connectivity index (χ3n) is 3.83. The van der Waals surface area contributed by atoms with Crippen LogP contribution in [0, 0.1) is 0 Å². The van der Waals surface area contributed by atoms with E-state index >= 15 is 0 Å². The minimum Gasteiger partial charge on any atom is -0.473 e. The van der Waals surface area contributed by atoms with Gasteiger partial charge in [0.2, 0.25) is 5.88 Å². The maximum absolute atomic E-state index is 12.5. The van der Waals surface area contributed by atoms with E-state index in [0.717, 1.165) is 37.3 Å². The molecule has 8 heteroatoms. The molecule has 0 saturated carbocycles. The van der Waals surface area contributed by atoms with Gasteiger partial charge < -0.3 is 10.5 Å². The molecule has 2 aromatic heterocycles. The monoisotopic (exact) mass is 338 g/mol. The van der Waals surface area contributed by atoms with Crippen molar-refractivity contribution >= 4 is 5.82 Å². The molecule has 0 radical (unpaired) electrons. The van der Waals surface area contributed by atoms with Crippen LogP contribution in [-0.4, -0.2) is 34.1 Å². The van der Waals surface area contributed by atoms with Crippen molar-refractivity contribution in [1.82, 2.24) is 14.9 Å². The zero-order valence-electron chi connectivity index (χ0n) is 12.8. The Morgan fingerprint density at radius 2 is 2.08 bits per heavy atom. The molecule has 1 aliphatic rings. The summed E-state index contributed by atoms with van der Waals surface area (Å²) in [4.78, 5) is 9.90. The van der Waals surface area contributed by atoms with Crippen LogP contribution in [0.25, 0.3) is 0 Å². The molecule has 3 rings (SSSR count). The number of nitrogen functional groups attached to an aromatic ring is 1. The molecule has 2 aromatic rings. The average molecular weight is 338 g/mol. The highest BCUT2D eigenvalue weighted by molar-refractivity contribution is 5.31. The second-order valence-electron chi connectivity index (χ2n) is 5.74. The summed E-state index contributed by atoms with van der Waals surface area (Å²) in [6.45, 7) is 2.26. The molecule has 128 valence electrons. The van der Waals surface area contributed by atoms with Crippen LogP contribution in [0.3, 0.4) is 0 Å². The first-order valence-corrected chi connectivity index (χ1v) is 7.53. The maximum atomic E-state index is 12.5. The van der Waals surface area contributed by atoms with Gasteiger partial charge in [-0.3, -0.25) is 4.90 Å². The lowest BCUT2D eigenvalue weighted by Crippen LogP contribution is -2.24. The molecule has 5 nitrogen and oxygen atoms in total. The van der Waals surface area contributed by atoms with Crippen molar-refractivity contribution in [3.63, 3.8) is 0 Å². The first-order chi connectivity index (χ1) is 11.4. The fourth-order valence-corrected chi connectivity index (χ4v) is 2.68. The van der Waals surface area contributed by atoms with Crippen molar-refractivity contribution < 1.29 is 17.9 Å². The van der Waals surface area contributed by atoms with Crippen LogP contribution in [-0.2, 0) is 12.7 Å². The Hall–Kier alpha value is -2.35. The zero-order valence-corrected chi connectivity index (χ0v) is 12.8. The highest BCUT2D eigenvalue weighted by Crippen LogP contribution is 2.29. The third kappa shape index (κ3) is 4.14. The molecule has 0 aromatic carbocycles. The summed E-state index contributed by atoms with van der Waals surface area (Å²) in [5.74, 6) is 0.691. The third-order valence-corrected chi connectivity index (χ3v) is 3.83. The molecular formula is C16H17F3N4O. The molecule has 2 N–H and O–H groups in total. The number of hydrogen-bond donors (Lipinski definition) is 1. The molecule has 0 bridgehead atoms. The highest BCUT2D eigenvalue weighted by atomic mass is 19.4. The zero-order chi connectivity index (χ0) is 17.2. The summed E-state index contributed by atoms with van der Waals surface area (Å²) in [7, 11) is 0. The molecule has 0 unspecified atom stereocenters. The second kappa shape index (κ2) is 6.64. The molecule has 0 spiro atoms. The maximum Gasteiger partial charge on any atom is 0.417 e. The van der Waals surface area contributed by atoms with Crippen molar-refractivity contribution in [3.05, 3.63) is 47.8 Å². The van der Waals surface area contributed by atoms with Gasteiger partial charge in [-0.1, -0.05) is 0 Å². The standard InChI is InChI=1S/C16H17F3N4O/c17-16(18,19)12-1-2-15(22-8-12)24-13-4-6-23(10-13)9-11-3-5-21-14(20)7-11/h1-3,5,7-8,13H,4,6,9-10H2,(H2,20,21)/t13-/m0/s1. The van der Waals surface area contributed by atoms with Gasteiger partial charge in [0.1, 0.15) is 11.9 Å². The number of halogens is 3. The van der Waals surface area contributed by atoms with Gasteiger partial charge in [-0.2, -0.15) is 13.2 Å². The molecule has 1 fully saturated rings. The second-order valence-corrected chi connectivity index (χ2v) is 5.74. The van der Waals surface area contributed by atoms with E-state index in [4.69, 9.17) is 10.5 Å². The van der Waals surface area contributed by atoms with E-state index in [1.54, 1.807) is 6.20 Å². The summed E-state index contributed by atoms with van der Waals surface area (Å²) >= 11 is 0. The molecule has 1 aliphatic heterocycles. The van der Waals surface area contributed by atoms with Crippen LogP contribution < -0.4 is 10.5 Å². The number of rotatable bonds is 4. The van der Waals surface area contributed by atoms with Gasteiger partial charge in [-0.15, -0.1) is 0 Å². The summed E-state index contributed by atoms with van der Waals surface area (Å²) in [6, 6.07) is 5.97. The van der Waals surface area contributed by atoms with Crippen molar-refractivity contribution in [2.45, 2.75) is 25.2 Å². The predicted octanol–water partition coefficient (Wildman–Crippen LogP) is 2.73. The van der Waals surface area contributed by atoms with E-state index in [2.05, 4.69) is 14.9 Å². The smallest absolute Gasteiger partial charge is 0.417 e. The van der Waals surface area contributed by atoms with E-state index in [1.807, 2.05) is 12.1 Å². The van der Waals surface area contributed by atoms with Crippen LogP contribution >= 0.6 is 0 Å². The number of alkyl halides is 3. The highest BCUT2D eigenvalue weighted by Gasteiger charge is 2.31. The number of anilines is 1. The van der Waals surface area contributed by atoms with Gasteiger partial charge in [0, 0.05) is 38.1 Å². The Bertz CT molecular complexity index is 690. The van der Waals surface area contributed by atoms with Gasteiger partial charge in [0.05, 0.1) is 5.56 Å². The summed E-state index contributed by atoms with van der Waals surface area (Å²) in [5, 5.41) is 0. The Balaban J connectivity index is 1.54. The lowest BCUT2D eigenvalue weighted by Gasteiger charge is -2.17. The number of pyridine rings is 2.